The maximum atomic E-state index is 12.7. The van der Waals surface area contributed by atoms with Gasteiger partial charge < -0.3 is 10.2 Å². The Kier molecular flexibility index (Phi) is 5.43. The van der Waals surface area contributed by atoms with Crippen LogP contribution in [0, 0.1) is 6.92 Å². The zero-order chi connectivity index (χ0) is 18.5. The summed E-state index contributed by atoms with van der Waals surface area (Å²) in [5, 5.41) is 4.76. The summed E-state index contributed by atoms with van der Waals surface area (Å²) in [5.41, 5.74) is 2.70. The summed E-state index contributed by atoms with van der Waals surface area (Å²) in [4.78, 5) is 31.8. The first-order valence-corrected chi connectivity index (χ1v) is 9.04. The topological polar surface area (TPSA) is 62.3 Å². The standard InChI is InChI=1S/C20H19N3O2S/c1-14-16(10-11-17(21-14)18-9-6-12-26-18)20(25)23(2)13-19(24)22-15-7-4-3-5-8-15/h3-12H,13H2,1-2H3,(H,22,24). The van der Waals surface area contributed by atoms with Crippen LogP contribution in [0.3, 0.4) is 0 Å². The maximum Gasteiger partial charge on any atom is 0.255 e. The van der Waals surface area contributed by atoms with E-state index in [1.54, 1.807) is 36.6 Å². The van der Waals surface area contributed by atoms with Gasteiger partial charge in [0.25, 0.3) is 5.91 Å². The van der Waals surface area contributed by atoms with Gasteiger partial charge in [-0.3, -0.25) is 14.6 Å². The van der Waals surface area contributed by atoms with E-state index >= 15 is 0 Å². The van der Waals surface area contributed by atoms with Gasteiger partial charge in [-0.1, -0.05) is 24.3 Å². The van der Waals surface area contributed by atoms with Crippen molar-refractivity contribution in [3.8, 4) is 10.6 Å². The molecule has 0 aliphatic heterocycles. The predicted molar refractivity (Wildman–Crippen MR) is 104 cm³/mol. The summed E-state index contributed by atoms with van der Waals surface area (Å²) in [6, 6.07) is 16.7. The molecule has 1 aromatic carbocycles. The highest BCUT2D eigenvalue weighted by Gasteiger charge is 2.18. The molecule has 0 bridgehead atoms. The molecule has 3 rings (SSSR count). The van der Waals surface area contributed by atoms with Crippen molar-refractivity contribution in [1.29, 1.82) is 0 Å². The summed E-state index contributed by atoms with van der Waals surface area (Å²) in [5.74, 6) is -0.469. The monoisotopic (exact) mass is 365 g/mol. The lowest BCUT2D eigenvalue weighted by molar-refractivity contribution is -0.116. The molecule has 0 atom stereocenters. The van der Waals surface area contributed by atoms with Crippen molar-refractivity contribution in [3.63, 3.8) is 0 Å². The number of nitrogens with one attached hydrogen (secondary N) is 1. The summed E-state index contributed by atoms with van der Waals surface area (Å²) < 4.78 is 0. The lowest BCUT2D eigenvalue weighted by atomic mass is 10.1. The Morgan fingerprint density at radius 3 is 2.50 bits per heavy atom. The number of pyridine rings is 1. The van der Waals surface area contributed by atoms with Crippen LogP contribution in [0.15, 0.2) is 60.0 Å². The third-order valence-corrected chi connectivity index (χ3v) is 4.77. The molecule has 2 amide bonds. The smallest absolute Gasteiger partial charge is 0.255 e. The van der Waals surface area contributed by atoms with E-state index in [2.05, 4.69) is 10.3 Å². The van der Waals surface area contributed by atoms with Gasteiger partial charge in [0, 0.05) is 12.7 Å². The molecule has 0 saturated carbocycles. The lowest BCUT2D eigenvalue weighted by Crippen LogP contribution is -2.35. The van der Waals surface area contributed by atoms with Gasteiger partial charge in [0.2, 0.25) is 5.91 Å². The first-order valence-electron chi connectivity index (χ1n) is 8.16. The van der Waals surface area contributed by atoms with Crippen LogP contribution in [-0.4, -0.2) is 35.3 Å². The Morgan fingerprint density at radius 2 is 1.85 bits per heavy atom. The van der Waals surface area contributed by atoms with Crippen LogP contribution in [0.2, 0.25) is 0 Å². The number of amides is 2. The van der Waals surface area contributed by atoms with Crippen molar-refractivity contribution in [2.75, 3.05) is 18.9 Å². The molecule has 3 aromatic rings. The van der Waals surface area contributed by atoms with E-state index in [4.69, 9.17) is 0 Å². The van der Waals surface area contributed by atoms with Crippen molar-refractivity contribution in [3.05, 3.63) is 71.2 Å². The van der Waals surface area contributed by atoms with Gasteiger partial charge in [-0.05, 0) is 42.6 Å². The summed E-state index contributed by atoms with van der Waals surface area (Å²) in [6.07, 6.45) is 0. The van der Waals surface area contributed by atoms with Crippen molar-refractivity contribution >= 4 is 28.8 Å². The third kappa shape index (κ3) is 4.15. The predicted octanol–water partition coefficient (Wildman–Crippen LogP) is 3.83. The molecule has 0 fully saturated rings. The summed E-state index contributed by atoms with van der Waals surface area (Å²) in [6.45, 7) is 1.78. The zero-order valence-electron chi connectivity index (χ0n) is 14.6. The zero-order valence-corrected chi connectivity index (χ0v) is 15.4. The van der Waals surface area contributed by atoms with Crippen LogP contribution in [0.25, 0.3) is 10.6 Å². The minimum Gasteiger partial charge on any atom is -0.332 e. The number of para-hydroxylation sites is 1. The molecule has 0 spiro atoms. The molecular formula is C20H19N3O2S. The number of benzene rings is 1. The molecule has 2 aromatic heterocycles. The van der Waals surface area contributed by atoms with E-state index < -0.39 is 0 Å². The van der Waals surface area contributed by atoms with Gasteiger partial charge >= 0.3 is 0 Å². The van der Waals surface area contributed by atoms with E-state index in [-0.39, 0.29) is 18.4 Å². The van der Waals surface area contributed by atoms with Crippen LogP contribution >= 0.6 is 11.3 Å². The number of aryl methyl sites for hydroxylation is 1. The Hall–Kier alpha value is -2.99. The van der Waals surface area contributed by atoms with Crippen molar-refractivity contribution < 1.29 is 9.59 Å². The fraction of sp³-hybridized carbons (Fsp3) is 0.150. The molecule has 0 unspecified atom stereocenters. The Bertz CT molecular complexity index is 908. The normalized spacial score (nSPS) is 10.4. The van der Waals surface area contributed by atoms with Crippen molar-refractivity contribution in [1.82, 2.24) is 9.88 Å². The fourth-order valence-electron chi connectivity index (χ4n) is 2.56. The second-order valence-corrected chi connectivity index (χ2v) is 6.83. The SMILES string of the molecule is Cc1nc(-c2cccs2)ccc1C(=O)N(C)CC(=O)Nc1ccccc1. The Balaban J connectivity index is 1.67. The van der Waals surface area contributed by atoms with Crippen LogP contribution in [-0.2, 0) is 4.79 Å². The quantitative estimate of drug-likeness (QED) is 0.747. The highest BCUT2D eigenvalue weighted by atomic mass is 32.1. The third-order valence-electron chi connectivity index (χ3n) is 3.87. The highest BCUT2D eigenvalue weighted by Crippen LogP contribution is 2.24. The van der Waals surface area contributed by atoms with Crippen LogP contribution < -0.4 is 5.32 Å². The number of likely N-dealkylation sites (N-methyl/N-ethyl adjacent to an activating group) is 1. The first-order chi connectivity index (χ1) is 12.5. The van der Waals surface area contributed by atoms with Crippen molar-refractivity contribution in [2.24, 2.45) is 0 Å². The Morgan fingerprint density at radius 1 is 1.08 bits per heavy atom. The second kappa shape index (κ2) is 7.93. The van der Waals surface area contributed by atoms with Gasteiger partial charge in [-0.2, -0.15) is 0 Å². The molecule has 2 heterocycles. The van der Waals surface area contributed by atoms with Crippen molar-refractivity contribution in [2.45, 2.75) is 6.92 Å². The van der Waals surface area contributed by atoms with Crippen LogP contribution in [0.4, 0.5) is 5.69 Å². The average Bonchev–Trinajstić information content (AvgIpc) is 3.16. The van der Waals surface area contributed by atoms with Gasteiger partial charge in [0.15, 0.2) is 0 Å². The number of rotatable bonds is 5. The van der Waals surface area contributed by atoms with Gasteiger partial charge in [0.1, 0.15) is 0 Å². The number of carbonyl (C=O) groups excluding carboxylic acids is 2. The minimum atomic E-state index is -0.243. The number of carbonyl (C=O) groups is 2. The number of nitrogens with zero attached hydrogens (tertiary/aromatic N) is 2. The molecule has 0 aliphatic rings. The molecule has 26 heavy (non-hydrogen) atoms. The number of hydrogen-bond donors (Lipinski definition) is 1. The molecule has 0 aliphatic carbocycles. The summed E-state index contributed by atoms with van der Waals surface area (Å²) >= 11 is 1.60. The Labute approximate surface area is 156 Å². The molecule has 6 heteroatoms. The molecule has 0 saturated heterocycles. The first kappa shape index (κ1) is 17.8. The molecule has 5 nitrogen and oxygen atoms in total. The average molecular weight is 365 g/mol. The van der Waals surface area contributed by atoms with E-state index in [1.165, 1.54) is 4.90 Å². The van der Waals surface area contributed by atoms with Crippen LogP contribution in [0.5, 0.6) is 0 Å². The highest BCUT2D eigenvalue weighted by molar-refractivity contribution is 7.13. The number of anilines is 1. The van der Waals surface area contributed by atoms with Gasteiger partial charge in [-0.25, -0.2) is 0 Å². The van der Waals surface area contributed by atoms with E-state index in [0.29, 0.717) is 16.9 Å². The molecule has 132 valence electrons. The van der Waals surface area contributed by atoms with Crippen LogP contribution in [0.1, 0.15) is 16.1 Å². The largest absolute Gasteiger partial charge is 0.332 e. The summed E-state index contributed by atoms with van der Waals surface area (Å²) in [7, 11) is 1.61. The van der Waals surface area contributed by atoms with Gasteiger partial charge in [-0.15, -0.1) is 11.3 Å². The van der Waals surface area contributed by atoms with Gasteiger partial charge in [0.05, 0.1) is 28.4 Å². The molecule has 1 N–H and O–H groups in total. The number of hydrogen-bond acceptors (Lipinski definition) is 4. The molecule has 0 radical (unpaired) electrons. The van der Waals surface area contributed by atoms with E-state index in [0.717, 1.165) is 10.6 Å². The van der Waals surface area contributed by atoms with E-state index in [9.17, 15) is 9.59 Å². The number of aromatic nitrogens is 1. The minimum absolute atomic E-state index is 0.0279. The second-order valence-electron chi connectivity index (χ2n) is 5.88. The lowest BCUT2D eigenvalue weighted by Gasteiger charge is -2.18. The fourth-order valence-corrected chi connectivity index (χ4v) is 3.26. The maximum absolute atomic E-state index is 12.7. The number of thiophene rings is 1. The van der Waals surface area contributed by atoms with E-state index in [1.807, 2.05) is 48.7 Å². The molecular weight excluding hydrogens is 346 g/mol.